The molecule has 33 heavy (non-hydrogen) atoms. The molecule has 180 valence electrons. The lowest BCUT2D eigenvalue weighted by molar-refractivity contribution is -0.139. The molecular formula is C24H32FN3O4S. The predicted octanol–water partition coefficient (Wildman–Crippen LogP) is 3.23. The van der Waals surface area contributed by atoms with Crippen molar-refractivity contribution in [2.75, 3.05) is 23.7 Å². The van der Waals surface area contributed by atoms with Gasteiger partial charge in [-0.3, -0.25) is 13.9 Å². The number of hydrogen-bond acceptors (Lipinski definition) is 4. The Morgan fingerprint density at radius 2 is 1.82 bits per heavy atom. The third-order valence-electron chi connectivity index (χ3n) is 5.37. The smallest absolute Gasteiger partial charge is 0.244 e. The topological polar surface area (TPSA) is 86.8 Å². The van der Waals surface area contributed by atoms with Gasteiger partial charge in [-0.15, -0.1) is 0 Å². The third-order valence-corrected chi connectivity index (χ3v) is 6.51. The van der Waals surface area contributed by atoms with Crippen molar-refractivity contribution in [2.24, 2.45) is 0 Å². The van der Waals surface area contributed by atoms with E-state index in [-0.39, 0.29) is 18.1 Å². The van der Waals surface area contributed by atoms with E-state index < -0.39 is 34.3 Å². The second kappa shape index (κ2) is 11.8. The van der Waals surface area contributed by atoms with Crippen LogP contribution in [-0.2, 0) is 26.2 Å². The first-order valence-electron chi connectivity index (χ1n) is 10.9. The molecule has 2 aromatic carbocycles. The van der Waals surface area contributed by atoms with Crippen LogP contribution in [0.3, 0.4) is 0 Å². The largest absolute Gasteiger partial charge is 0.354 e. The van der Waals surface area contributed by atoms with Gasteiger partial charge >= 0.3 is 0 Å². The van der Waals surface area contributed by atoms with E-state index in [1.165, 1.54) is 23.1 Å². The second-order valence-corrected chi connectivity index (χ2v) is 9.92. The highest BCUT2D eigenvalue weighted by atomic mass is 32.2. The number of unbranched alkanes of at least 4 members (excludes halogenated alkanes) is 1. The number of halogens is 1. The summed E-state index contributed by atoms with van der Waals surface area (Å²) in [6.45, 7) is 5.60. The number of nitrogens with one attached hydrogen (secondary N) is 1. The lowest BCUT2D eigenvalue weighted by Crippen LogP contribution is -2.51. The van der Waals surface area contributed by atoms with Gasteiger partial charge in [0.15, 0.2) is 0 Å². The summed E-state index contributed by atoms with van der Waals surface area (Å²) in [5.41, 5.74) is 1.83. The lowest BCUT2D eigenvalue weighted by Gasteiger charge is -2.31. The second-order valence-electron chi connectivity index (χ2n) is 8.02. The van der Waals surface area contributed by atoms with Gasteiger partial charge in [-0.2, -0.15) is 0 Å². The molecule has 0 heterocycles. The van der Waals surface area contributed by atoms with E-state index in [9.17, 15) is 22.4 Å². The highest BCUT2D eigenvalue weighted by Gasteiger charge is 2.30. The van der Waals surface area contributed by atoms with Crippen molar-refractivity contribution in [3.05, 3.63) is 65.5 Å². The van der Waals surface area contributed by atoms with Crippen LogP contribution in [0.2, 0.25) is 0 Å². The molecule has 0 aromatic heterocycles. The van der Waals surface area contributed by atoms with Gasteiger partial charge in [0, 0.05) is 13.1 Å². The Hall–Kier alpha value is -2.94. The van der Waals surface area contributed by atoms with E-state index in [0.717, 1.165) is 40.6 Å². The van der Waals surface area contributed by atoms with Gasteiger partial charge in [-0.05, 0) is 49.6 Å². The minimum absolute atomic E-state index is 0.0433. The number of aryl methyl sites for hydroxylation is 1. The Morgan fingerprint density at radius 1 is 1.12 bits per heavy atom. The van der Waals surface area contributed by atoms with E-state index >= 15 is 0 Å². The summed E-state index contributed by atoms with van der Waals surface area (Å²) in [4.78, 5) is 27.5. The first-order chi connectivity index (χ1) is 15.5. The van der Waals surface area contributed by atoms with Crippen LogP contribution in [0.25, 0.3) is 0 Å². The lowest BCUT2D eigenvalue weighted by atomic mass is 10.1. The van der Waals surface area contributed by atoms with E-state index in [0.29, 0.717) is 6.54 Å². The number of carbonyl (C=O) groups is 2. The zero-order chi connectivity index (χ0) is 24.6. The summed E-state index contributed by atoms with van der Waals surface area (Å²) < 4.78 is 39.5. The standard InChI is InChI=1S/C24H32FN3O4S/c1-5-6-14-26-24(30)19(3)27(16-20-11-8-7-10-18(20)2)23(29)17-28(33(4,31)32)22-13-9-12-21(25)15-22/h7-13,15,19H,5-6,14,16-17H2,1-4H3,(H,26,30)/t19-/m0/s1. The molecule has 9 heteroatoms. The third kappa shape index (κ3) is 7.56. The molecule has 0 aliphatic heterocycles. The maximum atomic E-state index is 13.8. The van der Waals surface area contributed by atoms with E-state index in [1.807, 2.05) is 38.1 Å². The van der Waals surface area contributed by atoms with Crippen molar-refractivity contribution in [3.63, 3.8) is 0 Å². The fraction of sp³-hybridized carbons (Fsp3) is 0.417. The quantitative estimate of drug-likeness (QED) is 0.504. The molecule has 0 aliphatic carbocycles. The molecule has 0 saturated carbocycles. The average Bonchev–Trinajstić information content (AvgIpc) is 2.75. The van der Waals surface area contributed by atoms with E-state index in [4.69, 9.17) is 0 Å². The van der Waals surface area contributed by atoms with Crippen LogP contribution in [-0.4, -0.2) is 50.5 Å². The number of carbonyl (C=O) groups excluding carboxylic acids is 2. The molecular weight excluding hydrogens is 445 g/mol. The van der Waals surface area contributed by atoms with Crippen molar-refractivity contribution in [1.29, 1.82) is 0 Å². The first kappa shape index (κ1) is 26.3. The highest BCUT2D eigenvalue weighted by Crippen LogP contribution is 2.20. The molecule has 0 aliphatic rings. The molecule has 1 N–H and O–H groups in total. The van der Waals surface area contributed by atoms with Crippen LogP contribution >= 0.6 is 0 Å². The Balaban J connectivity index is 2.36. The van der Waals surface area contributed by atoms with Gasteiger partial charge in [-0.25, -0.2) is 12.8 Å². The van der Waals surface area contributed by atoms with E-state index in [2.05, 4.69) is 5.32 Å². The van der Waals surface area contributed by atoms with Crippen molar-refractivity contribution >= 4 is 27.5 Å². The summed E-state index contributed by atoms with van der Waals surface area (Å²) in [7, 11) is -3.89. The Morgan fingerprint density at radius 3 is 2.42 bits per heavy atom. The van der Waals surface area contributed by atoms with Crippen LogP contribution in [0.1, 0.15) is 37.8 Å². The number of hydrogen-bond donors (Lipinski definition) is 1. The Kier molecular flexibility index (Phi) is 9.40. The van der Waals surface area contributed by atoms with Gasteiger partial charge in [0.05, 0.1) is 11.9 Å². The minimum atomic E-state index is -3.89. The molecule has 2 aromatic rings. The molecule has 0 radical (unpaired) electrons. The molecule has 0 fully saturated rings. The summed E-state index contributed by atoms with van der Waals surface area (Å²) >= 11 is 0. The van der Waals surface area contributed by atoms with Crippen LogP contribution in [0.4, 0.5) is 10.1 Å². The van der Waals surface area contributed by atoms with Gasteiger partial charge in [0.2, 0.25) is 21.8 Å². The molecule has 2 rings (SSSR count). The maximum absolute atomic E-state index is 13.8. The monoisotopic (exact) mass is 477 g/mol. The number of anilines is 1. The summed E-state index contributed by atoms with van der Waals surface area (Å²) in [6.07, 6.45) is 2.68. The highest BCUT2D eigenvalue weighted by molar-refractivity contribution is 7.92. The zero-order valence-electron chi connectivity index (χ0n) is 19.5. The Bertz CT molecular complexity index is 1070. The van der Waals surface area contributed by atoms with Gasteiger partial charge < -0.3 is 10.2 Å². The number of rotatable bonds is 11. The molecule has 0 spiro atoms. The van der Waals surface area contributed by atoms with Crippen molar-refractivity contribution in [1.82, 2.24) is 10.2 Å². The minimum Gasteiger partial charge on any atom is -0.354 e. The molecule has 0 bridgehead atoms. The SMILES string of the molecule is CCCCNC(=O)[C@H](C)N(Cc1ccccc1C)C(=O)CN(c1cccc(F)c1)S(C)(=O)=O. The molecule has 0 saturated heterocycles. The Labute approximate surface area is 195 Å². The summed E-state index contributed by atoms with van der Waals surface area (Å²) in [5, 5.41) is 2.83. The van der Waals surface area contributed by atoms with Gasteiger partial charge in [-0.1, -0.05) is 43.7 Å². The molecule has 2 amide bonds. The predicted molar refractivity (Wildman–Crippen MR) is 128 cm³/mol. The van der Waals surface area contributed by atoms with Crippen molar-refractivity contribution in [2.45, 2.75) is 46.2 Å². The van der Waals surface area contributed by atoms with Gasteiger partial charge in [0.1, 0.15) is 18.4 Å². The number of amides is 2. The van der Waals surface area contributed by atoms with E-state index in [1.54, 1.807) is 6.92 Å². The maximum Gasteiger partial charge on any atom is 0.244 e. The normalized spacial score (nSPS) is 12.2. The van der Waals surface area contributed by atoms with Crippen LogP contribution in [0, 0.1) is 12.7 Å². The zero-order valence-corrected chi connectivity index (χ0v) is 20.4. The van der Waals surface area contributed by atoms with Crippen molar-refractivity contribution in [3.8, 4) is 0 Å². The number of sulfonamides is 1. The first-order valence-corrected chi connectivity index (χ1v) is 12.7. The van der Waals surface area contributed by atoms with Crippen LogP contribution in [0.15, 0.2) is 48.5 Å². The number of benzene rings is 2. The molecule has 1 atom stereocenters. The number of nitrogens with zero attached hydrogens (tertiary/aromatic N) is 2. The van der Waals surface area contributed by atoms with Crippen LogP contribution < -0.4 is 9.62 Å². The summed E-state index contributed by atoms with van der Waals surface area (Å²) in [5.74, 6) is -1.50. The molecule has 0 unspecified atom stereocenters. The summed E-state index contributed by atoms with van der Waals surface area (Å²) in [6, 6.07) is 11.7. The average molecular weight is 478 g/mol. The molecule has 7 nitrogen and oxygen atoms in total. The van der Waals surface area contributed by atoms with Gasteiger partial charge in [0.25, 0.3) is 0 Å². The van der Waals surface area contributed by atoms with Crippen molar-refractivity contribution < 1.29 is 22.4 Å². The fourth-order valence-electron chi connectivity index (χ4n) is 3.33. The van der Waals surface area contributed by atoms with Crippen LogP contribution in [0.5, 0.6) is 0 Å². The fourth-order valence-corrected chi connectivity index (χ4v) is 4.18.